The van der Waals surface area contributed by atoms with Gasteiger partial charge in [0.2, 0.25) is 0 Å². The molecule has 0 radical (unpaired) electrons. The van der Waals surface area contributed by atoms with Gasteiger partial charge in [-0.25, -0.2) is 0 Å². The van der Waals surface area contributed by atoms with Crippen LogP contribution in [0.1, 0.15) is 11.1 Å². The molecule has 14 nitrogen and oxygen atoms in total. The predicted octanol–water partition coefficient (Wildman–Crippen LogP) is 4.76. The van der Waals surface area contributed by atoms with Crippen LogP contribution in [0.25, 0.3) is 0 Å². The Labute approximate surface area is 292 Å². The Morgan fingerprint density at radius 1 is 0.596 bits per heavy atom. The van der Waals surface area contributed by atoms with Gasteiger partial charge >= 0.3 is 17.1 Å². The van der Waals surface area contributed by atoms with E-state index in [-0.39, 0.29) is 61.5 Å². The molecule has 0 aromatic heterocycles. The number of hydrogen-bond acceptors (Lipinski definition) is 14. The molecule has 0 aliphatic carbocycles. The summed E-state index contributed by atoms with van der Waals surface area (Å²) >= 11 is 9.15. The molecule has 0 aliphatic rings. The number of methoxy groups -OCH3 is 2. The summed E-state index contributed by atoms with van der Waals surface area (Å²) in [6.45, 7) is 0. The van der Waals surface area contributed by atoms with Crippen molar-refractivity contribution in [1.82, 2.24) is 0 Å². The number of hydrogen-bond donors (Lipinski definition) is 2. The Hall–Kier alpha value is -5.48. The second-order valence-electron chi connectivity index (χ2n) is 8.57. The average molecular weight is 711 g/mol. The first-order valence-electron chi connectivity index (χ1n) is 13.0. The van der Waals surface area contributed by atoms with Crippen molar-refractivity contribution in [2.45, 2.75) is 0 Å². The maximum Gasteiger partial charge on any atom is 4.00 e. The van der Waals surface area contributed by atoms with Crippen LogP contribution in [0.5, 0.6) is 23.0 Å². The Kier molecular flexibility index (Phi) is 15.9. The average Bonchev–Trinajstić information content (AvgIpc) is 3.06. The molecule has 240 valence electrons. The molecule has 0 spiro atoms. The van der Waals surface area contributed by atoms with Gasteiger partial charge in [-0.2, -0.15) is 40.9 Å². The summed E-state index contributed by atoms with van der Waals surface area (Å²) in [5, 5.41) is 54.6. The van der Waals surface area contributed by atoms with E-state index in [0.717, 1.165) is 0 Å². The summed E-state index contributed by atoms with van der Waals surface area (Å²) in [5.41, 5.74) is 13.2. The number of azo groups is 2. The van der Waals surface area contributed by atoms with Gasteiger partial charge in [0.15, 0.2) is 0 Å². The number of nitrogens with zero attached hydrogens (tertiary/aromatic N) is 8. The van der Waals surface area contributed by atoms with Crippen LogP contribution in [0.15, 0.2) is 126 Å². The van der Waals surface area contributed by atoms with E-state index in [1.165, 1.54) is 50.9 Å². The van der Waals surface area contributed by atoms with E-state index in [4.69, 9.17) is 20.9 Å². The van der Waals surface area contributed by atoms with E-state index in [9.17, 15) is 10.2 Å². The zero-order chi connectivity index (χ0) is 33.3. The van der Waals surface area contributed by atoms with Crippen LogP contribution < -0.4 is 31.2 Å². The van der Waals surface area contributed by atoms with Gasteiger partial charge in [0.1, 0.15) is 11.5 Å². The van der Waals surface area contributed by atoms with Gasteiger partial charge in [0.05, 0.1) is 49.4 Å². The van der Waals surface area contributed by atoms with Crippen LogP contribution in [-0.4, -0.2) is 37.0 Å². The number of benzene rings is 4. The molecule has 4 N–H and O–H groups in total. The van der Waals surface area contributed by atoms with Crippen molar-refractivity contribution in [3.8, 4) is 23.0 Å². The second-order valence-corrected chi connectivity index (χ2v) is 9.41. The first-order chi connectivity index (χ1) is 22.2. The smallest absolute Gasteiger partial charge is 0.870 e. The maximum absolute atomic E-state index is 12.1. The van der Waals surface area contributed by atoms with Crippen molar-refractivity contribution < 1.29 is 36.8 Å². The van der Waals surface area contributed by atoms with E-state index < -0.39 is 0 Å². The van der Waals surface area contributed by atoms with Crippen molar-refractivity contribution in [2.75, 3.05) is 14.2 Å². The monoisotopic (exact) mass is 710 g/mol. The van der Waals surface area contributed by atoms with Crippen LogP contribution in [-0.2, 0) is 42.3 Å². The second kappa shape index (κ2) is 19.8. The molecule has 0 saturated heterocycles. The molecule has 0 fully saturated rings. The summed E-state index contributed by atoms with van der Waals surface area (Å²) in [4.78, 5) is 0. The topological polar surface area (TPSA) is 216 Å². The molecular weight excluding hydrogens is 684 g/mol. The van der Waals surface area contributed by atoms with Gasteiger partial charge in [0, 0.05) is 12.1 Å². The quantitative estimate of drug-likeness (QED) is 0.0583. The van der Waals surface area contributed by atoms with Crippen molar-refractivity contribution in [3.05, 3.63) is 96.1 Å². The summed E-state index contributed by atoms with van der Waals surface area (Å²) in [5.74, 6) is -0.418. The largest absolute Gasteiger partial charge is 4.00 e. The van der Waals surface area contributed by atoms with E-state index in [0.29, 0.717) is 22.7 Å². The number of ether oxygens (including phenoxy) is 2. The molecule has 0 unspecified atom stereocenters. The third-order valence-corrected chi connectivity index (χ3v) is 5.52. The normalized spacial score (nSPS) is 11.9. The Morgan fingerprint density at radius 2 is 0.936 bits per heavy atom. The number of amidine groups is 2. The zero-order valence-electron chi connectivity index (χ0n) is 24.8. The first kappa shape index (κ1) is 37.7. The maximum atomic E-state index is 12.1. The first-order valence-corrected chi connectivity index (χ1v) is 13.8. The number of rotatable bonds is 10. The van der Waals surface area contributed by atoms with Crippen LogP contribution in [0.3, 0.4) is 0 Å². The Bertz CT molecular complexity index is 1650. The molecule has 0 saturated carbocycles. The Balaban J connectivity index is 0.000000320. The van der Waals surface area contributed by atoms with E-state index in [1.54, 1.807) is 0 Å². The third kappa shape index (κ3) is 12.8. The molecule has 4 rings (SSSR count). The van der Waals surface area contributed by atoms with E-state index in [2.05, 4.69) is 66.1 Å². The van der Waals surface area contributed by atoms with Crippen molar-refractivity contribution >= 4 is 70.8 Å². The summed E-state index contributed by atoms with van der Waals surface area (Å²) < 4.78 is 10.1. The van der Waals surface area contributed by atoms with Gasteiger partial charge in [-0.1, -0.05) is 47.9 Å². The molecule has 0 bridgehead atoms. The molecule has 4 aromatic rings. The summed E-state index contributed by atoms with van der Waals surface area (Å²) in [7, 11) is 2.80. The minimum Gasteiger partial charge on any atom is -0.870 e. The molecule has 47 heavy (non-hydrogen) atoms. The summed E-state index contributed by atoms with van der Waals surface area (Å²) in [6, 6.07) is 24.5. The summed E-state index contributed by atoms with van der Waals surface area (Å²) in [6.07, 6.45) is 2.48. The van der Waals surface area contributed by atoms with Gasteiger partial charge in [0.25, 0.3) is 0 Å². The molecule has 17 heteroatoms. The third-order valence-electron chi connectivity index (χ3n) is 5.36. The van der Waals surface area contributed by atoms with Gasteiger partial charge in [-0.05, 0) is 57.9 Å². The molecule has 4 aromatic carbocycles. The van der Waals surface area contributed by atoms with Crippen molar-refractivity contribution in [3.63, 3.8) is 0 Å². The van der Waals surface area contributed by atoms with Crippen molar-refractivity contribution in [1.29, 1.82) is 0 Å². The molecule has 0 atom stereocenters. The van der Waals surface area contributed by atoms with E-state index in [1.807, 2.05) is 60.7 Å². The van der Waals surface area contributed by atoms with Crippen LogP contribution in [0, 0.1) is 0 Å². The van der Waals surface area contributed by atoms with Crippen LogP contribution >= 0.6 is 0 Å². The standard InChI is InChI=1S/2C15H15N5O2S.Fe/c2*1-22-13-8-12(19-18-11-5-3-2-4-6-11)7-10(14(13)21)9-17-20-15(16)23;/h2*2-9,21H,1H3,(H3,16,20,23);/q;;+4/p-4/b2*17-9-,19-18?;. The fourth-order valence-corrected chi connectivity index (χ4v) is 3.44. The van der Waals surface area contributed by atoms with Gasteiger partial charge in [-0.15, -0.1) is 0 Å². The number of nitrogens with two attached hydrogens (primary N) is 2. The fourth-order valence-electron chi connectivity index (χ4n) is 3.34. The SMILES string of the molecule is COc1cc(N=Nc2ccccc2)cc(/C=N\N=C(/N)[S-])c1[O-].COc1cc(N=Nc2ccccc2)cc(/C=N\N=C(/N)[S-])c1[O-].[Fe+4]. The van der Waals surface area contributed by atoms with Crippen molar-refractivity contribution in [2.24, 2.45) is 52.3 Å². The fraction of sp³-hybridized carbons (Fsp3) is 0.0667. The minimum absolute atomic E-state index is 0. The minimum atomic E-state index is -0.340. The Morgan fingerprint density at radius 3 is 1.26 bits per heavy atom. The van der Waals surface area contributed by atoms with Gasteiger partial charge in [-0.3, -0.25) is 0 Å². The predicted molar refractivity (Wildman–Crippen MR) is 179 cm³/mol. The van der Waals surface area contributed by atoms with Gasteiger partial charge < -0.3 is 56.4 Å². The van der Waals surface area contributed by atoms with E-state index >= 15 is 0 Å². The molecule has 0 amide bonds. The molecule has 0 heterocycles. The molecular formula is C30H26FeN10O4S2. The molecule has 0 aliphatic heterocycles. The zero-order valence-corrected chi connectivity index (χ0v) is 27.5. The van der Waals surface area contributed by atoms with Crippen LogP contribution in [0.4, 0.5) is 22.7 Å². The van der Waals surface area contributed by atoms with Crippen LogP contribution in [0.2, 0.25) is 0 Å².